The van der Waals surface area contributed by atoms with Gasteiger partial charge in [0.1, 0.15) is 0 Å². The minimum atomic E-state index is -0.931. The minimum absolute atomic E-state index is 0.0144. The highest BCUT2D eigenvalue weighted by Gasteiger charge is 2.29. The van der Waals surface area contributed by atoms with E-state index < -0.39 is 5.97 Å². The van der Waals surface area contributed by atoms with Crippen LogP contribution in [-0.4, -0.2) is 41.6 Å². The van der Waals surface area contributed by atoms with Gasteiger partial charge in [-0.25, -0.2) is 9.59 Å². The quantitative estimate of drug-likeness (QED) is 0.807. The zero-order valence-electron chi connectivity index (χ0n) is 12.0. The van der Waals surface area contributed by atoms with Crippen LogP contribution in [0.4, 0.5) is 10.5 Å². The molecule has 0 saturated carbocycles. The van der Waals surface area contributed by atoms with Crippen molar-refractivity contribution in [1.82, 2.24) is 4.90 Å². The van der Waals surface area contributed by atoms with Crippen molar-refractivity contribution in [2.24, 2.45) is 0 Å². The number of urea groups is 1. The number of benzene rings is 1. The van der Waals surface area contributed by atoms with Gasteiger partial charge in [0, 0.05) is 25.3 Å². The molecule has 3 rings (SSSR count). The van der Waals surface area contributed by atoms with Crippen molar-refractivity contribution in [1.29, 1.82) is 0 Å². The zero-order valence-corrected chi connectivity index (χ0v) is 12.0. The molecule has 0 aliphatic carbocycles. The van der Waals surface area contributed by atoms with Gasteiger partial charge in [-0.2, -0.15) is 0 Å². The molecule has 21 heavy (non-hydrogen) atoms. The van der Waals surface area contributed by atoms with Crippen molar-refractivity contribution in [3.8, 4) is 0 Å². The van der Waals surface area contributed by atoms with Crippen molar-refractivity contribution in [3.05, 3.63) is 41.0 Å². The van der Waals surface area contributed by atoms with Crippen LogP contribution >= 0.6 is 0 Å². The van der Waals surface area contributed by atoms with Crippen molar-refractivity contribution >= 4 is 17.7 Å². The van der Waals surface area contributed by atoms with E-state index >= 15 is 0 Å². The van der Waals surface area contributed by atoms with Crippen molar-refractivity contribution < 1.29 is 14.7 Å². The number of anilines is 1. The molecular weight excluding hydrogens is 268 g/mol. The summed E-state index contributed by atoms with van der Waals surface area (Å²) in [7, 11) is 0. The third kappa shape index (κ3) is 2.51. The predicted molar refractivity (Wildman–Crippen MR) is 79.8 cm³/mol. The number of aromatic carboxylic acids is 1. The SMILES string of the molecule is CC1=CCN(C(=O)N2CCc3cc(C(=O)O)ccc32)CC1. The fourth-order valence-corrected chi connectivity index (χ4v) is 2.85. The summed E-state index contributed by atoms with van der Waals surface area (Å²) in [4.78, 5) is 27.2. The molecule has 2 amide bonds. The highest BCUT2D eigenvalue weighted by atomic mass is 16.4. The van der Waals surface area contributed by atoms with E-state index in [1.807, 2.05) is 4.90 Å². The van der Waals surface area contributed by atoms with Gasteiger partial charge in [0.25, 0.3) is 0 Å². The summed E-state index contributed by atoms with van der Waals surface area (Å²) in [5, 5.41) is 9.02. The second kappa shape index (κ2) is 5.24. The lowest BCUT2D eigenvalue weighted by atomic mass is 10.1. The highest BCUT2D eigenvalue weighted by molar-refractivity contribution is 5.96. The molecule has 0 aromatic heterocycles. The molecule has 5 nitrogen and oxygen atoms in total. The van der Waals surface area contributed by atoms with Crippen LogP contribution in [-0.2, 0) is 6.42 Å². The summed E-state index contributed by atoms with van der Waals surface area (Å²) in [5.74, 6) is -0.931. The van der Waals surface area contributed by atoms with Crippen molar-refractivity contribution in [2.75, 3.05) is 24.5 Å². The standard InChI is InChI=1S/C16H18N2O3/c1-11-4-7-17(8-5-11)16(21)18-9-6-12-10-13(15(19)20)2-3-14(12)18/h2-4,10H,5-9H2,1H3,(H,19,20). The van der Waals surface area contributed by atoms with E-state index in [0.717, 1.165) is 24.2 Å². The van der Waals surface area contributed by atoms with Crippen molar-refractivity contribution in [3.63, 3.8) is 0 Å². The first-order valence-electron chi connectivity index (χ1n) is 7.14. The van der Waals surface area contributed by atoms with Crippen LogP contribution in [0.25, 0.3) is 0 Å². The Morgan fingerprint density at radius 3 is 2.67 bits per heavy atom. The number of carbonyl (C=O) groups is 2. The van der Waals surface area contributed by atoms with E-state index in [1.165, 1.54) is 5.57 Å². The first kappa shape index (κ1) is 13.7. The Hall–Kier alpha value is -2.30. The normalized spacial score (nSPS) is 17.5. The Morgan fingerprint density at radius 2 is 2.00 bits per heavy atom. The Morgan fingerprint density at radius 1 is 1.19 bits per heavy atom. The lowest BCUT2D eigenvalue weighted by Gasteiger charge is -2.30. The molecule has 1 aromatic carbocycles. The van der Waals surface area contributed by atoms with E-state index in [1.54, 1.807) is 23.1 Å². The van der Waals surface area contributed by atoms with Crippen LogP contribution in [0.1, 0.15) is 29.3 Å². The fraction of sp³-hybridized carbons (Fsp3) is 0.375. The molecule has 0 bridgehead atoms. The maximum Gasteiger partial charge on any atom is 0.335 e. The molecule has 0 saturated heterocycles. The van der Waals surface area contributed by atoms with Crippen molar-refractivity contribution in [2.45, 2.75) is 19.8 Å². The van der Waals surface area contributed by atoms with Crippen LogP contribution < -0.4 is 4.90 Å². The highest BCUT2D eigenvalue weighted by Crippen LogP contribution is 2.30. The predicted octanol–water partition coefficient (Wildman–Crippen LogP) is 2.52. The first-order valence-corrected chi connectivity index (χ1v) is 7.14. The fourth-order valence-electron chi connectivity index (χ4n) is 2.85. The summed E-state index contributed by atoms with van der Waals surface area (Å²) in [6, 6.07) is 4.99. The van der Waals surface area contributed by atoms with Gasteiger partial charge in [-0.3, -0.25) is 4.90 Å². The molecule has 0 spiro atoms. The minimum Gasteiger partial charge on any atom is -0.478 e. The molecule has 0 radical (unpaired) electrons. The van der Waals surface area contributed by atoms with Gasteiger partial charge >= 0.3 is 12.0 Å². The monoisotopic (exact) mass is 286 g/mol. The van der Waals surface area contributed by atoms with Gasteiger partial charge < -0.3 is 10.0 Å². The Balaban J connectivity index is 1.81. The largest absolute Gasteiger partial charge is 0.478 e. The van der Waals surface area contributed by atoms with Gasteiger partial charge in [-0.15, -0.1) is 0 Å². The second-order valence-electron chi connectivity index (χ2n) is 5.58. The molecule has 110 valence electrons. The van der Waals surface area contributed by atoms with E-state index in [-0.39, 0.29) is 11.6 Å². The Labute approximate surface area is 123 Å². The number of amides is 2. The third-order valence-electron chi connectivity index (χ3n) is 4.16. The zero-order chi connectivity index (χ0) is 15.0. The van der Waals surface area contributed by atoms with E-state index in [9.17, 15) is 9.59 Å². The average Bonchev–Trinajstić information content (AvgIpc) is 2.90. The van der Waals surface area contributed by atoms with Crippen LogP contribution in [0.2, 0.25) is 0 Å². The number of nitrogens with zero attached hydrogens (tertiary/aromatic N) is 2. The van der Waals surface area contributed by atoms with E-state index in [2.05, 4.69) is 13.0 Å². The number of carboxylic acids is 1. The number of rotatable bonds is 1. The topological polar surface area (TPSA) is 60.9 Å². The molecular formula is C16H18N2O3. The summed E-state index contributed by atoms with van der Waals surface area (Å²) in [6.45, 7) is 4.11. The Kier molecular flexibility index (Phi) is 3.41. The van der Waals surface area contributed by atoms with E-state index in [4.69, 9.17) is 5.11 Å². The Bertz CT molecular complexity index is 636. The molecule has 0 unspecified atom stereocenters. The molecule has 1 aromatic rings. The van der Waals surface area contributed by atoms with Gasteiger partial charge in [0.15, 0.2) is 0 Å². The van der Waals surface area contributed by atoms with Crippen LogP contribution in [0.5, 0.6) is 0 Å². The molecule has 5 heteroatoms. The summed E-state index contributed by atoms with van der Waals surface area (Å²) in [5.41, 5.74) is 3.38. The molecule has 0 fully saturated rings. The third-order valence-corrected chi connectivity index (χ3v) is 4.16. The van der Waals surface area contributed by atoms with Gasteiger partial charge in [0.05, 0.1) is 5.56 Å². The lowest BCUT2D eigenvalue weighted by molar-refractivity contribution is 0.0697. The van der Waals surface area contributed by atoms with E-state index in [0.29, 0.717) is 19.5 Å². The summed E-state index contributed by atoms with van der Waals surface area (Å²) in [6.07, 6.45) is 3.72. The molecule has 2 aliphatic heterocycles. The first-order chi connectivity index (χ1) is 10.1. The molecule has 2 aliphatic rings. The summed E-state index contributed by atoms with van der Waals surface area (Å²) >= 11 is 0. The van der Waals surface area contributed by atoms with Gasteiger partial charge in [0.2, 0.25) is 0 Å². The summed E-state index contributed by atoms with van der Waals surface area (Å²) < 4.78 is 0. The number of hydrogen-bond donors (Lipinski definition) is 1. The lowest BCUT2D eigenvalue weighted by Crippen LogP contribution is -2.44. The number of carbonyl (C=O) groups excluding carboxylic acids is 1. The second-order valence-corrected chi connectivity index (χ2v) is 5.58. The van der Waals surface area contributed by atoms with Crippen LogP contribution in [0.3, 0.4) is 0 Å². The molecule has 1 N–H and O–H groups in total. The maximum absolute atomic E-state index is 12.6. The van der Waals surface area contributed by atoms with Crippen LogP contribution in [0.15, 0.2) is 29.8 Å². The molecule has 0 atom stereocenters. The number of carboxylic acid groups (broad SMARTS) is 1. The maximum atomic E-state index is 12.6. The number of fused-ring (bicyclic) bond motifs is 1. The smallest absolute Gasteiger partial charge is 0.335 e. The number of hydrogen-bond acceptors (Lipinski definition) is 2. The van der Waals surface area contributed by atoms with Crippen LogP contribution in [0, 0.1) is 0 Å². The van der Waals surface area contributed by atoms with Gasteiger partial charge in [-0.05, 0) is 43.5 Å². The van der Waals surface area contributed by atoms with Gasteiger partial charge in [-0.1, -0.05) is 11.6 Å². The molecule has 2 heterocycles. The average molecular weight is 286 g/mol.